The van der Waals surface area contributed by atoms with E-state index >= 15 is 0 Å². The number of amides is 3. The van der Waals surface area contributed by atoms with E-state index in [1.165, 1.54) is 6.92 Å². The lowest BCUT2D eigenvalue weighted by Crippen LogP contribution is -2.41. The summed E-state index contributed by atoms with van der Waals surface area (Å²) in [4.78, 5) is 33.4. The molecule has 0 saturated heterocycles. The Kier molecular flexibility index (Phi) is 6.93. The van der Waals surface area contributed by atoms with Gasteiger partial charge in [-0.25, -0.2) is 0 Å². The Labute approximate surface area is 102 Å². The molecule has 6 heteroatoms. The van der Waals surface area contributed by atoms with Crippen LogP contribution >= 0.6 is 0 Å². The maximum absolute atomic E-state index is 11.6. The molecule has 0 aliphatic rings. The lowest BCUT2D eigenvalue weighted by atomic mass is 10.1. The summed E-state index contributed by atoms with van der Waals surface area (Å²) in [5, 5.41) is 7.75. The number of hydrogen-bond donors (Lipinski definition) is 3. The molecule has 0 aliphatic heterocycles. The Hall–Kier alpha value is -1.59. The third kappa shape index (κ3) is 6.55. The lowest BCUT2D eigenvalue weighted by Gasteiger charge is -2.15. The molecule has 0 rings (SSSR count). The predicted molar refractivity (Wildman–Crippen MR) is 64.1 cm³/mol. The molecule has 0 radical (unpaired) electrons. The van der Waals surface area contributed by atoms with E-state index in [9.17, 15) is 14.4 Å². The van der Waals surface area contributed by atoms with Gasteiger partial charge in [-0.15, -0.1) is 0 Å². The highest BCUT2D eigenvalue weighted by Gasteiger charge is 2.16. The molecule has 0 fully saturated rings. The van der Waals surface area contributed by atoms with Crippen LogP contribution in [0.25, 0.3) is 0 Å². The van der Waals surface area contributed by atoms with E-state index in [2.05, 4.69) is 16.0 Å². The maximum atomic E-state index is 11.6. The van der Waals surface area contributed by atoms with Crippen LogP contribution in [0, 0.1) is 11.8 Å². The maximum Gasteiger partial charge on any atom is 0.224 e. The zero-order chi connectivity index (χ0) is 13.4. The molecule has 0 aromatic carbocycles. The lowest BCUT2D eigenvalue weighted by molar-refractivity contribution is -0.126. The predicted octanol–water partition coefficient (Wildman–Crippen LogP) is -0.743. The second-order valence-electron chi connectivity index (χ2n) is 4.10. The Balaban J connectivity index is 3.92. The van der Waals surface area contributed by atoms with Gasteiger partial charge in [0.2, 0.25) is 17.7 Å². The Bertz CT molecular complexity index is 292. The van der Waals surface area contributed by atoms with Crippen molar-refractivity contribution in [3.05, 3.63) is 0 Å². The van der Waals surface area contributed by atoms with Crippen LogP contribution < -0.4 is 16.0 Å². The van der Waals surface area contributed by atoms with Gasteiger partial charge in [0.15, 0.2) is 0 Å². The summed E-state index contributed by atoms with van der Waals surface area (Å²) in [6.45, 7) is 5.45. The Morgan fingerprint density at radius 1 is 0.941 bits per heavy atom. The summed E-state index contributed by atoms with van der Waals surface area (Å²) >= 11 is 0. The third-order valence-corrected chi connectivity index (χ3v) is 2.38. The molecule has 0 saturated carbocycles. The van der Waals surface area contributed by atoms with Crippen LogP contribution in [0.1, 0.15) is 20.8 Å². The number of carbonyl (C=O) groups is 3. The highest BCUT2D eigenvalue weighted by atomic mass is 16.2. The van der Waals surface area contributed by atoms with Crippen molar-refractivity contribution in [1.29, 1.82) is 0 Å². The van der Waals surface area contributed by atoms with E-state index in [-0.39, 0.29) is 29.6 Å². The summed E-state index contributed by atoms with van der Waals surface area (Å²) in [6, 6.07) is 0. The van der Waals surface area contributed by atoms with E-state index in [0.29, 0.717) is 13.1 Å². The number of hydrogen-bond acceptors (Lipinski definition) is 3. The normalized spacial score (nSPS) is 13.4. The van der Waals surface area contributed by atoms with Gasteiger partial charge in [-0.2, -0.15) is 0 Å². The van der Waals surface area contributed by atoms with Crippen LogP contribution in [-0.2, 0) is 14.4 Å². The Morgan fingerprint density at radius 3 is 1.88 bits per heavy atom. The first-order valence-electron chi connectivity index (χ1n) is 5.62. The van der Waals surface area contributed by atoms with Crippen molar-refractivity contribution in [2.75, 3.05) is 20.1 Å². The first kappa shape index (κ1) is 15.4. The zero-order valence-corrected chi connectivity index (χ0v) is 10.8. The average Bonchev–Trinajstić information content (AvgIpc) is 2.31. The molecule has 2 unspecified atom stereocenters. The fourth-order valence-electron chi connectivity index (χ4n) is 1.16. The fraction of sp³-hybridized carbons (Fsp3) is 0.727. The van der Waals surface area contributed by atoms with Crippen LogP contribution in [0.2, 0.25) is 0 Å². The summed E-state index contributed by atoms with van der Waals surface area (Å²) in [5.41, 5.74) is 0. The van der Waals surface area contributed by atoms with Gasteiger partial charge in [-0.3, -0.25) is 14.4 Å². The standard InChI is InChI=1S/C11H21N3O3/c1-7(10(16)12-4)6-14-11(17)8(2)5-13-9(3)15/h7-8H,5-6H2,1-4H3,(H,12,16)(H,13,15)(H,14,17). The number of rotatable bonds is 6. The molecule has 0 aromatic heterocycles. The topological polar surface area (TPSA) is 87.3 Å². The molecule has 2 atom stereocenters. The van der Waals surface area contributed by atoms with E-state index in [4.69, 9.17) is 0 Å². The van der Waals surface area contributed by atoms with E-state index in [0.717, 1.165) is 0 Å². The third-order valence-electron chi connectivity index (χ3n) is 2.38. The van der Waals surface area contributed by atoms with Gasteiger partial charge in [0.1, 0.15) is 0 Å². The second-order valence-corrected chi connectivity index (χ2v) is 4.10. The van der Waals surface area contributed by atoms with Gasteiger partial charge < -0.3 is 16.0 Å². The SMILES string of the molecule is CNC(=O)C(C)CNC(=O)C(C)CNC(C)=O. The molecular weight excluding hydrogens is 222 g/mol. The largest absolute Gasteiger partial charge is 0.359 e. The highest BCUT2D eigenvalue weighted by molar-refractivity contribution is 5.82. The molecule has 98 valence electrons. The summed E-state index contributed by atoms with van der Waals surface area (Å²) in [6.07, 6.45) is 0. The molecule has 3 amide bonds. The highest BCUT2D eigenvalue weighted by Crippen LogP contribution is 1.96. The second kappa shape index (κ2) is 7.65. The van der Waals surface area contributed by atoms with Gasteiger partial charge in [0.25, 0.3) is 0 Å². The van der Waals surface area contributed by atoms with Gasteiger partial charge in [-0.1, -0.05) is 13.8 Å². The van der Waals surface area contributed by atoms with Crippen molar-refractivity contribution < 1.29 is 14.4 Å². The van der Waals surface area contributed by atoms with Crippen molar-refractivity contribution in [2.45, 2.75) is 20.8 Å². The minimum absolute atomic E-state index is 0.111. The van der Waals surface area contributed by atoms with Gasteiger partial charge >= 0.3 is 0 Å². The molecular formula is C11H21N3O3. The van der Waals surface area contributed by atoms with Crippen LogP contribution in [0.4, 0.5) is 0 Å². The van der Waals surface area contributed by atoms with Crippen LogP contribution in [0.5, 0.6) is 0 Å². The fourth-order valence-corrected chi connectivity index (χ4v) is 1.16. The quantitative estimate of drug-likeness (QED) is 0.574. The monoisotopic (exact) mass is 243 g/mol. The van der Waals surface area contributed by atoms with Crippen molar-refractivity contribution in [2.24, 2.45) is 11.8 Å². The molecule has 0 heterocycles. The van der Waals surface area contributed by atoms with E-state index in [1.54, 1.807) is 20.9 Å². The summed E-state index contributed by atoms with van der Waals surface area (Å²) in [7, 11) is 1.56. The van der Waals surface area contributed by atoms with Gasteiger partial charge in [0.05, 0.1) is 11.8 Å². The van der Waals surface area contributed by atoms with Crippen LogP contribution in [0.3, 0.4) is 0 Å². The molecule has 0 aliphatic carbocycles. The molecule has 17 heavy (non-hydrogen) atoms. The van der Waals surface area contributed by atoms with E-state index < -0.39 is 0 Å². The van der Waals surface area contributed by atoms with Crippen molar-refractivity contribution >= 4 is 17.7 Å². The van der Waals surface area contributed by atoms with Crippen molar-refractivity contribution in [1.82, 2.24) is 16.0 Å². The number of nitrogens with one attached hydrogen (secondary N) is 3. The average molecular weight is 243 g/mol. The zero-order valence-electron chi connectivity index (χ0n) is 10.8. The number of carbonyl (C=O) groups excluding carboxylic acids is 3. The minimum atomic E-state index is -0.309. The van der Waals surface area contributed by atoms with Crippen LogP contribution in [0.15, 0.2) is 0 Å². The van der Waals surface area contributed by atoms with Gasteiger partial charge in [0, 0.05) is 27.1 Å². The summed E-state index contributed by atoms with van der Waals surface area (Å²) in [5.74, 6) is -1.02. The smallest absolute Gasteiger partial charge is 0.224 e. The minimum Gasteiger partial charge on any atom is -0.359 e. The van der Waals surface area contributed by atoms with Crippen molar-refractivity contribution in [3.63, 3.8) is 0 Å². The van der Waals surface area contributed by atoms with Crippen LogP contribution in [-0.4, -0.2) is 37.9 Å². The first-order chi connectivity index (χ1) is 7.88. The van der Waals surface area contributed by atoms with E-state index in [1.807, 2.05) is 0 Å². The Morgan fingerprint density at radius 2 is 1.41 bits per heavy atom. The van der Waals surface area contributed by atoms with Crippen molar-refractivity contribution in [3.8, 4) is 0 Å². The molecule has 0 aromatic rings. The molecule has 0 spiro atoms. The first-order valence-corrected chi connectivity index (χ1v) is 5.62. The molecule has 0 bridgehead atoms. The molecule has 3 N–H and O–H groups in total. The molecule has 6 nitrogen and oxygen atoms in total. The van der Waals surface area contributed by atoms with Gasteiger partial charge in [-0.05, 0) is 0 Å². The summed E-state index contributed by atoms with van der Waals surface area (Å²) < 4.78 is 0.